The number of hydrogen-bond acceptors (Lipinski definition) is 7. The van der Waals surface area contributed by atoms with Gasteiger partial charge in [0.15, 0.2) is 0 Å². The Morgan fingerprint density at radius 2 is 1.81 bits per heavy atom. The number of methoxy groups -OCH3 is 2. The van der Waals surface area contributed by atoms with Crippen LogP contribution in [0.1, 0.15) is 12.0 Å². The second-order valence-electron chi connectivity index (χ2n) is 5.86. The van der Waals surface area contributed by atoms with Crippen molar-refractivity contribution in [3.8, 4) is 0 Å². The molecule has 10 heteroatoms. The Bertz CT molecular complexity index is 804. The maximum absolute atomic E-state index is 12.6. The van der Waals surface area contributed by atoms with Crippen LogP contribution in [0.5, 0.6) is 0 Å². The molecule has 0 unspecified atom stereocenters. The van der Waals surface area contributed by atoms with Crippen molar-refractivity contribution in [3.05, 3.63) is 29.8 Å². The summed E-state index contributed by atoms with van der Waals surface area (Å²) >= 11 is 0. The van der Waals surface area contributed by atoms with Gasteiger partial charge >= 0.3 is 11.9 Å². The summed E-state index contributed by atoms with van der Waals surface area (Å²) in [4.78, 5) is 35.8. The molecule has 1 fully saturated rings. The summed E-state index contributed by atoms with van der Waals surface area (Å²) in [6, 6.07) is 3.57. The molecule has 1 heterocycles. The number of sulfonamides is 1. The van der Waals surface area contributed by atoms with Gasteiger partial charge in [0.05, 0.1) is 25.0 Å². The van der Waals surface area contributed by atoms with Crippen molar-refractivity contribution in [2.24, 2.45) is 5.92 Å². The highest BCUT2D eigenvalue weighted by molar-refractivity contribution is 7.89. The lowest BCUT2D eigenvalue weighted by atomic mass is 9.97. The highest BCUT2D eigenvalue weighted by Gasteiger charge is 2.45. The van der Waals surface area contributed by atoms with Gasteiger partial charge in [-0.25, -0.2) is 13.2 Å². The van der Waals surface area contributed by atoms with Crippen molar-refractivity contribution in [2.75, 3.05) is 14.2 Å². The van der Waals surface area contributed by atoms with E-state index in [1.54, 1.807) is 19.1 Å². The van der Waals surface area contributed by atoms with Gasteiger partial charge in [0.25, 0.3) is 0 Å². The number of ether oxygens (including phenoxy) is 2. The highest BCUT2D eigenvalue weighted by Crippen LogP contribution is 2.23. The monoisotopic (exact) mass is 384 g/mol. The van der Waals surface area contributed by atoms with E-state index >= 15 is 0 Å². The molecule has 0 saturated carbocycles. The number of carbonyl (C=O) groups is 3. The number of nitrogens with one attached hydrogen (secondary N) is 2. The minimum Gasteiger partial charge on any atom is -0.468 e. The van der Waals surface area contributed by atoms with Gasteiger partial charge in [0.1, 0.15) is 12.1 Å². The van der Waals surface area contributed by atoms with E-state index in [9.17, 15) is 22.8 Å². The predicted octanol–water partition coefficient (Wildman–Crippen LogP) is -0.507. The van der Waals surface area contributed by atoms with Crippen molar-refractivity contribution < 1.29 is 32.3 Å². The summed E-state index contributed by atoms with van der Waals surface area (Å²) in [5.74, 6) is -3.34. The van der Waals surface area contributed by atoms with E-state index in [2.05, 4.69) is 19.5 Å². The third-order valence-corrected chi connectivity index (χ3v) is 5.56. The molecule has 0 aliphatic carbocycles. The van der Waals surface area contributed by atoms with E-state index in [1.165, 1.54) is 19.2 Å². The lowest BCUT2D eigenvalue weighted by Crippen LogP contribution is -2.48. The number of benzene rings is 1. The van der Waals surface area contributed by atoms with Gasteiger partial charge in [-0.15, -0.1) is 0 Å². The maximum atomic E-state index is 12.6. The molecular formula is C16H20N2O7S. The van der Waals surface area contributed by atoms with E-state index in [0.717, 1.165) is 12.7 Å². The average Bonchev–Trinajstić information content (AvgIpc) is 3.00. The fourth-order valence-corrected chi connectivity index (χ4v) is 3.88. The van der Waals surface area contributed by atoms with Gasteiger partial charge in [-0.05, 0) is 25.5 Å². The lowest BCUT2D eigenvalue weighted by molar-refractivity contribution is -0.146. The molecule has 1 aromatic carbocycles. The van der Waals surface area contributed by atoms with E-state index in [4.69, 9.17) is 0 Å². The molecule has 1 aliphatic rings. The number of esters is 2. The van der Waals surface area contributed by atoms with Crippen LogP contribution in [0.25, 0.3) is 0 Å². The third-order valence-electron chi connectivity index (χ3n) is 4.10. The van der Waals surface area contributed by atoms with Crippen LogP contribution in [0.3, 0.4) is 0 Å². The molecule has 26 heavy (non-hydrogen) atoms. The van der Waals surface area contributed by atoms with Crippen molar-refractivity contribution in [3.63, 3.8) is 0 Å². The van der Waals surface area contributed by atoms with Crippen molar-refractivity contribution >= 4 is 27.9 Å². The Hall–Kier alpha value is -2.46. The van der Waals surface area contributed by atoms with Gasteiger partial charge in [0, 0.05) is 0 Å². The largest absolute Gasteiger partial charge is 0.468 e. The third kappa shape index (κ3) is 4.20. The molecule has 3 atom stereocenters. The average molecular weight is 384 g/mol. The van der Waals surface area contributed by atoms with Gasteiger partial charge in [-0.2, -0.15) is 4.72 Å². The van der Waals surface area contributed by atoms with Crippen LogP contribution in [-0.2, 0) is 33.9 Å². The first-order chi connectivity index (χ1) is 12.2. The lowest BCUT2D eigenvalue weighted by Gasteiger charge is -2.20. The zero-order valence-electron chi connectivity index (χ0n) is 14.5. The smallest absolute Gasteiger partial charge is 0.328 e. The first-order valence-corrected chi connectivity index (χ1v) is 9.23. The Morgan fingerprint density at radius 3 is 2.35 bits per heavy atom. The van der Waals surface area contributed by atoms with E-state index < -0.39 is 45.9 Å². The summed E-state index contributed by atoms with van der Waals surface area (Å²) in [5, 5.41) is 2.39. The van der Waals surface area contributed by atoms with E-state index in [0.29, 0.717) is 0 Å². The van der Waals surface area contributed by atoms with Crippen molar-refractivity contribution in [1.29, 1.82) is 0 Å². The molecule has 1 amide bonds. The van der Waals surface area contributed by atoms with E-state index in [1.807, 2.05) is 0 Å². The zero-order valence-corrected chi connectivity index (χ0v) is 15.3. The molecule has 0 spiro atoms. The molecular weight excluding hydrogens is 364 g/mol. The summed E-state index contributed by atoms with van der Waals surface area (Å²) in [6.07, 6.45) is -0.0955. The van der Waals surface area contributed by atoms with Gasteiger partial charge in [-0.1, -0.05) is 17.7 Å². The molecule has 142 valence electrons. The standard InChI is InChI=1S/C16H20N2O7S/c1-9-4-6-10(7-5-9)26(22,23)18-13(16(21)25-3)11-8-12(15(20)24-2)17-14(11)19/h4-7,11-13,18H,8H2,1-3H3,(H,17,19)/t11-,12+,13+/m1/s1. The molecule has 0 bridgehead atoms. The minimum atomic E-state index is -4.08. The Balaban J connectivity index is 2.28. The second kappa shape index (κ2) is 7.83. The Kier molecular flexibility index (Phi) is 5.98. The quantitative estimate of drug-likeness (QED) is 0.632. The van der Waals surface area contributed by atoms with Crippen LogP contribution < -0.4 is 10.0 Å². The Labute approximate surface area is 151 Å². The van der Waals surface area contributed by atoms with Gasteiger partial charge < -0.3 is 14.8 Å². The number of amides is 1. The summed E-state index contributed by atoms with van der Waals surface area (Å²) in [6.45, 7) is 1.80. The number of carbonyl (C=O) groups excluding carboxylic acids is 3. The number of rotatable bonds is 6. The predicted molar refractivity (Wildman–Crippen MR) is 89.4 cm³/mol. The highest BCUT2D eigenvalue weighted by atomic mass is 32.2. The fourth-order valence-electron chi connectivity index (χ4n) is 2.66. The Morgan fingerprint density at radius 1 is 1.19 bits per heavy atom. The maximum Gasteiger partial charge on any atom is 0.328 e. The normalized spacial score (nSPS) is 21.0. The van der Waals surface area contributed by atoms with Crippen LogP contribution in [0.2, 0.25) is 0 Å². The molecule has 1 aromatic rings. The molecule has 9 nitrogen and oxygen atoms in total. The molecule has 0 aromatic heterocycles. The summed E-state index contributed by atoms with van der Waals surface area (Å²) < 4.78 is 36.6. The molecule has 2 N–H and O–H groups in total. The first-order valence-electron chi connectivity index (χ1n) is 7.74. The fraction of sp³-hybridized carbons (Fsp3) is 0.438. The zero-order chi connectivity index (χ0) is 19.5. The molecule has 1 aliphatic heterocycles. The van der Waals surface area contributed by atoms with Gasteiger partial charge in [-0.3, -0.25) is 9.59 Å². The van der Waals surface area contributed by atoms with Crippen molar-refractivity contribution in [1.82, 2.24) is 10.0 Å². The van der Waals surface area contributed by atoms with Crippen LogP contribution in [0.4, 0.5) is 0 Å². The van der Waals surface area contributed by atoms with Crippen LogP contribution in [0.15, 0.2) is 29.2 Å². The molecule has 0 radical (unpaired) electrons. The number of aryl methyl sites for hydroxylation is 1. The molecule has 2 rings (SSSR count). The van der Waals surface area contributed by atoms with Crippen LogP contribution in [0, 0.1) is 12.8 Å². The molecule has 1 saturated heterocycles. The van der Waals surface area contributed by atoms with Crippen LogP contribution in [-0.4, -0.2) is 52.6 Å². The number of hydrogen-bond donors (Lipinski definition) is 2. The van der Waals surface area contributed by atoms with Crippen molar-refractivity contribution in [2.45, 2.75) is 30.3 Å². The minimum absolute atomic E-state index is 0.0556. The SMILES string of the molecule is COC(=O)[C@@H]1C[C@H]([C@H](NS(=O)(=O)c2ccc(C)cc2)C(=O)OC)C(=O)N1. The summed E-state index contributed by atoms with van der Waals surface area (Å²) in [5.41, 5.74) is 0.865. The van der Waals surface area contributed by atoms with E-state index in [-0.39, 0.29) is 11.3 Å². The van der Waals surface area contributed by atoms with Crippen LogP contribution >= 0.6 is 0 Å². The second-order valence-corrected chi connectivity index (χ2v) is 7.58. The first kappa shape index (κ1) is 19.9. The summed E-state index contributed by atoms with van der Waals surface area (Å²) in [7, 11) is -1.83. The topological polar surface area (TPSA) is 128 Å². The van der Waals surface area contributed by atoms with Gasteiger partial charge in [0.2, 0.25) is 15.9 Å².